The monoisotopic (exact) mass is 296 g/mol. The van der Waals surface area contributed by atoms with Crippen LogP contribution in [0.4, 0.5) is 0 Å². The molecule has 2 heterocycles. The first kappa shape index (κ1) is 14.8. The van der Waals surface area contributed by atoms with Crippen molar-refractivity contribution in [1.29, 1.82) is 0 Å². The van der Waals surface area contributed by atoms with Crippen LogP contribution in [-0.4, -0.2) is 39.3 Å². The number of aromatic carboxylic acids is 1. The Hall–Kier alpha value is -1.62. The summed E-state index contributed by atoms with van der Waals surface area (Å²) in [5.74, 6) is -0.739. The number of halogens is 1. The van der Waals surface area contributed by atoms with Crippen LogP contribution in [0, 0.1) is 5.41 Å². The summed E-state index contributed by atoms with van der Waals surface area (Å²) < 4.78 is 0. The largest absolute Gasteiger partial charge is 0.478 e. The summed E-state index contributed by atoms with van der Waals surface area (Å²) in [5.41, 5.74) is 1.19. The third-order valence-electron chi connectivity index (χ3n) is 3.57. The normalized spacial score (nSPS) is 14.8. The van der Waals surface area contributed by atoms with E-state index in [0.717, 1.165) is 11.1 Å². The van der Waals surface area contributed by atoms with Gasteiger partial charge in [-0.05, 0) is 31.4 Å². The van der Waals surface area contributed by atoms with Crippen LogP contribution in [0.1, 0.15) is 35.3 Å². The molecule has 0 bridgehead atoms. The second-order valence-corrected chi connectivity index (χ2v) is 5.89. The minimum absolute atomic E-state index is 0.0149. The molecule has 0 radical (unpaired) electrons. The predicted molar refractivity (Wildman–Crippen MR) is 74.8 cm³/mol. The molecule has 0 saturated carbocycles. The maximum atomic E-state index is 12.4. The summed E-state index contributed by atoms with van der Waals surface area (Å²) in [4.78, 5) is 29.2. The van der Waals surface area contributed by atoms with Crippen LogP contribution in [0.3, 0.4) is 0 Å². The third kappa shape index (κ3) is 2.63. The Morgan fingerprint density at radius 3 is 2.75 bits per heavy atom. The van der Waals surface area contributed by atoms with Crippen molar-refractivity contribution in [2.45, 2.75) is 26.8 Å². The molecule has 0 spiro atoms. The van der Waals surface area contributed by atoms with E-state index in [1.54, 1.807) is 11.1 Å². The summed E-state index contributed by atoms with van der Waals surface area (Å²) in [7, 11) is 0. The molecule has 1 aliphatic rings. The molecule has 20 heavy (non-hydrogen) atoms. The number of nitrogens with zero attached hydrogens (tertiary/aromatic N) is 2. The quantitative estimate of drug-likeness (QED) is 0.865. The number of amides is 1. The van der Waals surface area contributed by atoms with Gasteiger partial charge in [-0.15, -0.1) is 11.6 Å². The van der Waals surface area contributed by atoms with E-state index >= 15 is 0 Å². The van der Waals surface area contributed by atoms with Gasteiger partial charge in [0.25, 0.3) is 0 Å². The fourth-order valence-electron chi connectivity index (χ4n) is 2.34. The second kappa shape index (κ2) is 5.40. The smallest absolute Gasteiger partial charge is 0.337 e. The van der Waals surface area contributed by atoms with Gasteiger partial charge in [-0.2, -0.15) is 0 Å². The van der Waals surface area contributed by atoms with Gasteiger partial charge in [-0.1, -0.05) is 0 Å². The lowest BCUT2D eigenvalue weighted by molar-refractivity contribution is -0.140. The number of carbonyl (C=O) groups is 2. The maximum absolute atomic E-state index is 12.4. The van der Waals surface area contributed by atoms with Gasteiger partial charge in [-0.25, -0.2) is 4.79 Å². The zero-order chi connectivity index (χ0) is 14.9. The van der Waals surface area contributed by atoms with Crippen molar-refractivity contribution in [3.63, 3.8) is 0 Å². The Bertz CT molecular complexity index is 557. The van der Waals surface area contributed by atoms with Crippen molar-refractivity contribution >= 4 is 23.5 Å². The highest BCUT2D eigenvalue weighted by Crippen LogP contribution is 2.27. The molecular formula is C14H17ClN2O3. The first-order chi connectivity index (χ1) is 9.36. The number of alkyl halides is 1. The lowest BCUT2D eigenvalue weighted by Gasteiger charge is -2.34. The van der Waals surface area contributed by atoms with Crippen LogP contribution < -0.4 is 0 Å². The highest BCUT2D eigenvalue weighted by molar-refractivity contribution is 6.19. The van der Waals surface area contributed by atoms with Gasteiger partial charge in [0.05, 0.1) is 11.0 Å². The Kier molecular flexibility index (Phi) is 3.99. The van der Waals surface area contributed by atoms with Crippen LogP contribution in [0.15, 0.2) is 12.4 Å². The lowest BCUT2D eigenvalue weighted by atomic mass is 9.91. The molecule has 0 aromatic carbocycles. The molecule has 0 fully saturated rings. The Balaban J connectivity index is 2.27. The molecule has 5 nitrogen and oxygen atoms in total. The number of hydrogen-bond donors (Lipinski definition) is 1. The van der Waals surface area contributed by atoms with E-state index in [1.165, 1.54) is 6.20 Å². The molecule has 0 aliphatic carbocycles. The fourth-order valence-corrected chi connectivity index (χ4v) is 2.45. The predicted octanol–water partition coefficient (Wildman–Crippen LogP) is 1.93. The Morgan fingerprint density at radius 2 is 2.15 bits per heavy atom. The standard InChI is InChI=1S/C14H17ClN2O3/c1-14(2,8-15)13(20)17-4-3-10-9(7-17)5-16-6-11(10)12(18)19/h5-6H,3-4,7-8H2,1-2H3,(H,18,19). The molecule has 1 N–H and O–H groups in total. The number of carboxylic acid groups (broad SMARTS) is 1. The van der Waals surface area contributed by atoms with E-state index < -0.39 is 11.4 Å². The number of carbonyl (C=O) groups excluding carboxylic acids is 1. The zero-order valence-corrected chi connectivity index (χ0v) is 12.3. The Labute approximate surface area is 122 Å². The molecule has 1 amide bonds. The van der Waals surface area contributed by atoms with E-state index in [2.05, 4.69) is 4.98 Å². The van der Waals surface area contributed by atoms with E-state index in [-0.39, 0.29) is 17.4 Å². The molecule has 108 valence electrons. The van der Waals surface area contributed by atoms with Gasteiger partial charge in [0.2, 0.25) is 5.91 Å². The molecule has 0 atom stereocenters. The third-order valence-corrected chi connectivity index (χ3v) is 4.24. The van der Waals surface area contributed by atoms with Crippen LogP contribution in [-0.2, 0) is 17.8 Å². The van der Waals surface area contributed by atoms with Gasteiger partial charge >= 0.3 is 5.97 Å². The molecular weight excluding hydrogens is 280 g/mol. The fraction of sp³-hybridized carbons (Fsp3) is 0.500. The van der Waals surface area contributed by atoms with Crippen LogP contribution in [0.25, 0.3) is 0 Å². The molecule has 0 saturated heterocycles. The highest BCUT2D eigenvalue weighted by atomic mass is 35.5. The van der Waals surface area contributed by atoms with Crippen molar-refractivity contribution in [2.75, 3.05) is 12.4 Å². The molecule has 6 heteroatoms. The van der Waals surface area contributed by atoms with Crippen LogP contribution in [0.2, 0.25) is 0 Å². The van der Waals surface area contributed by atoms with Crippen LogP contribution in [0.5, 0.6) is 0 Å². The SMILES string of the molecule is CC(C)(CCl)C(=O)N1CCc2c(cncc2C(=O)O)C1. The van der Waals surface area contributed by atoms with E-state index in [1.807, 2.05) is 13.8 Å². The number of fused-ring (bicyclic) bond motifs is 1. The summed E-state index contributed by atoms with van der Waals surface area (Å²) in [5, 5.41) is 9.15. The van der Waals surface area contributed by atoms with Crippen molar-refractivity contribution in [2.24, 2.45) is 5.41 Å². The molecule has 0 unspecified atom stereocenters. The van der Waals surface area contributed by atoms with Crippen molar-refractivity contribution < 1.29 is 14.7 Å². The van der Waals surface area contributed by atoms with E-state index in [0.29, 0.717) is 19.5 Å². The summed E-state index contributed by atoms with van der Waals surface area (Å²) in [6.07, 6.45) is 3.53. The molecule has 2 rings (SSSR count). The Morgan fingerprint density at radius 1 is 1.45 bits per heavy atom. The molecule has 1 aromatic rings. The summed E-state index contributed by atoms with van der Waals surface area (Å²) in [6.45, 7) is 4.52. The van der Waals surface area contributed by atoms with E-state index in [4.69, 9.17) is 16.7 Å². The van der Waals surface area contributed by atoms with Crippen molar-refractivity contribution in [3.8, 4) is 0 Å². The first-order valence-electron chi connectivity index (χ1n) is 6.41. The number of hydrogen-bond acceptors (Lipinski definition) is 3. The lowest BCUT2D eigenvalue weighted by Crippen LogP contribution is -2.44. The average Bonchev–Trinajstić information content (AvgIpc) is 2.44. The molecule has 1 aliphatic heterocycles. The van der Waals surface area contributed by atoms with Gasteiger partial charge in [0.1, 0.15) is 0 Å². The molecule has 1 aromatic heterocycles. The minimum atomic E-state index is -0.977. The summed E-state index contributed by atoms with van der Waals surface area (Å²) in [6, 6.07) is 0. The number of rotatable bonds is 3. The van der Waals surface area contributed by atoms with Gasteiger partial charge in [0.15, 0.2) is 0 Å². The second-order valence-electron chi connectivity index (χ2n) is 5.62. The highest BCUT2D eigenvalue weighted by Gasteiger charge is 2.33. The maximum Gasteiger partial charge on any atom is 0.337 e. The minimum Gasteiger partial charge on any atom is -0.478 e. The van der Waals surface area contributed by atoms with Crippen LogP contribution >= 0.6 is 11.6 Å². The summed E-state index contributed by atoms with van der Waals surface area (Å²) >= 11 is 5.84. The first-order valence-corrected chi connectivity index (χ1v) is 6.94. The van der Waals surface area contributed by atoms with Gasteiger partial charge in [-0.3, -0.25) is 9.78 Å². The van der Waals surface area contributed by atoms with E-state index in [9.17, 15) is 9.59 Å². The van der Waals surface area contributed by atoms with Gasteiger partial charge in [0, 0.05) is 31.4 Å². The average molecular weight is 297 g/mol. The number of carboxylic acids is 1. The number of pyridine rings is 1. The topological polar surface area (TPSA) is 70.5 Å². The van der Waals surface area contributed by atoms with Gasteiger partial charge < -0.3 is 10.0 Å². The zero-order valence-electron chi connectivity index (χ0n) is 11.5. The van der Waals surface area contributed by atoms with Crippen molar-refractivity contribution in [1.82, 2.24) is 9.88 Å². The van der Waals surface area contributed by atoms with Crippen molar-refractivity contribution in [3.05, 3.63) is 29.1 Å². The number of aromatic nitrogens is 1.